The van der Waals surface area contributed by atoms with Crippen LogP contribution in [-0.4, -0.2) is 5.91 Å². The minimum Gasteiger partial charge on any atom is -0.326 e. The summed E-state index contributed by atoms with van der Waals surface area (Å²) in [5.74, 6) is 1.08. The molecule has 0 unspecified atom stereocenters. The van der Waals surface area contributed by atoms with Gasteiger partial charge in [-0.25, -0.2) is 0 Å². The molecule has 0 aromatic rings. The fourth-order valence-electron chi connectivity index (χ4n) is 1.83. The Labute approximate surface area is 86.1 Å². The molecule has 0 aliphatic heterocycles. The first-order valence-electron chi connectivity index (χ1n) is 5.25. The maximum Gasteiger partial charge on any atom is 0.227 e. The highest BCUT2D eigenvalue weighted by Gasteiger charge is 2.23. The second kappa shape index (κ2) is 4.99. The molecule has 1 fully saturated rings. The van der Waals surface area contributed by atoms with Gasteiger partial charge in [0.2, 0.25) is 5.91 Å². The predicted molar refractivity (Wildman–Crippen MR) is 58.6 cm³/mol. The molecule has 0 aromatic heterocycles. The minimum absolute atomic E-state index is 0.113. The third-order valence-electron chi connectivity index (χ3n) is 2.92. The Kier molecular flexibility index (Phi) is 3.93. The van der Waals surface area contributed by atoms with Gasteiger partial charge in [-0.15, -0.1) is 0 Å². The van der Waals surface area contributed by atoms with Crippen LogP contribution in [0.1, 0.15) is 32.6 Å². The normalized spacial score (nSPS) is 26.6. The van der Waals surface area contributed by atoms with Crippen LogP contribution >= 0.6 is 0 Å². The number of hydrogen-bond donors (Lipinski definition) is 1. The van der Waals surface area contributed by atoms with Crippen molar-refractivity contribution in [1.82, 2.24) is 5.32 Å². The average molecular weight is 193 g/mol. The zero-order chi connectivity index (χ0) is 10.6. The summed E-state index contributed by atoms with van der Waals surface area (Å²) in [5, 5.41) is 2.76. The summed E-state index contributed by atoms with van der Waals surface area (Å²) in [6.45, 7) is 9.48. The molecule has 1 aliphatic rings. The van der Waals surface area contributed by atoms with Crippen LogP contribution in [0.5, 0.6) is 0 Å². The molecule has 1 amide bonds. The number of hydrogen-bond acceptors (Lipinski definition) is 1. The van der Waals surface area contributed by atoms with E-state index in [2.05, 4.69) is 25.4 Å². The first-order valence-corrected chi connectivity index (χ1v) is 5.25. The fourth-order valence-corrected chi connectivity index (χ4v) is 1.83. The SMILES string of the molecule is C=CC(=C)NC(=O)C1CCC(C)CC1. The monoisotopic (exact) mass is 193 g/mol. The molecule has 1 saturated carbocycles. The van der Waals surface area contributed by atoms with Crippen molar-refractivity contribution in [1.29, 1.82) is 0 Å². The van der Waals surface area contributed by atoms with Crippen molar-refractivity contribution in [2.24, 2.45) is 11.8 Å². The zero-order valence-electron chi connectivity index (χ0n) is 8.88. The highest BCUT2D eigenvalue weighted by Crippen LogP contribution is 2.28. The number of carbonyl (C=O) groups is 1. The molecule has 14 heavy (non-hydrogen) atoms. The van der Waals surface area contributed by atoms with Gasteiger partial charge in [-0.05, 0) is 37.7 Å². The molecular weight excluding hydrogens is 174 g/mol. The van der Waals surface area contributed by atoms with E-state index in [4.69, 9.17) is 0 Å². The molecule has 2 nitrogen and oxygen atoms in total. The lowest BCUT2D eigenvalue weighted by Crippen LogP contribution is -2.31. The van der Waals surface area contributed by atoms with Crippen LogP contribution in [0, 0.1) is 11.8 Å². The molecule has 0 spiro atoms. The third kappa shape index (κ3) is 3.02. The lowest BCUT2D eigenvalue weighted by Gasteiger charge is -2.25. The Hall–Kier alpha value is -1.05. The number of rotatable bonds is 3. The van der Waals surface area contributed by atoms with Gasteiger partial charge in [-0.2, -0.15) is 0 Å². The van der Waals surface area contributed by atoms with Gasteiger partial charge in [-0.1, -0.05) is 20.1 Å². The molecule has 0 saturated heterocycles. The highest BCUT2D eigenvalue weighted by atomic mass is 16.1. The first kappa shape index (κ1) is 11.0. The van der Waals surface area contributed by atoms with E-state index in [1.807, 2.05) is 0 Å². The van der Waals surface area contributed by atoms with Crippen molar-refractivity contribution >= 4 is 5.91 Å². The summed E-state index contributed by atoms with van der Waals surface area (Å²) in [6.07, 6.45) is 5.93. The highest BCUT2D eigenvalue weighted by molar-refractivity contribution is 5.80. The van der Waals surface area contributed by atoms with Gasteiger partial charge in [0.1, 0.15) is 0 Å². The Morgan fingerprint density at radius 3 is 2.43 bits per heavy atom. The summed E-state index contributed by atoms with van der Waals surface area (Å²) in [7, 11) is 0. The van der Waals surface area contributed by atoms with Crippen molar-refractivity contribution in [3.63, 3.8) is 0 Å². The lowest BCUT2D eigenvalue weighted by atomic mass is 9.82. The van der Waals surface area contributed by atoms with Crippen LogP contribution in [0.2, 0.25) is 0 Å². The van der Waals surface area contributed by atoms with E-state index < -0.39 is 0 Å². The van der Waals surface area contributed by atoms with E-state index in [1.165, 1.54) is 12.8 Å². The van der Waals surface area contributed by atoms with Crippen molar-refractivity contribution in [2.45, 2.75) is 32.6 Å². The Morgan fingerprint density at radius 2 is 1.93 bits per heavy atom. The Morgan fingerprint density at radius 1 is 1.36 bits per heavy atom. The molecular formula is C12H19NO. The van der Waals surface area contributed by atoms with Crippen molar-refractivity contribution in [3.8, 4) is 0 Å². The topological polar surface area (TPSA) is 29.1 Å². The van der Waals surface area contributed by atoms with E-state index in [0.717, 1.165) is 18.8 Å². The standard InChI is InChI=1S/C12H19NO/c1-4-10(3)13-12(14)11-7-5-9(2)6-8-11/h4,9,11H,1,3,5-8H2,2H3,(H,13,14). The molecule has 1 rings (SSSR count). The van der Waals surface area contributed by atoms with Gasteiger partial charge < -0.3 is 5.32 Å². The molecule has 0 bridgehead atoms. The van der Waals surface area contributed by atoms with Crippen LogP contribution in [0.3, 0.4) is 0 Å². The maximum absolute atomic E-state index is 11.7. The Bertz CT molecular complexity index is 237. The van der Waals surface area contributed by atoms with Gasteiger partial charge in [0.05, 0.1) is 0 Å². The van der Waals surface area contributed by atoms with Crippen LogP contribution in [-0.2, 0) is 4.79 Å². The van der Waals surface area contributed by atoms with E-state index in [-0.39, 0.29) is 11.8 Å². The number of nitrogens with one attached hydrogen (secondary N) is 1. The van der Waals surface area contributed by atoms with Gasteiger partial charge in [0.15, 0.2) is 0 Å². The average Bonchev–Trinajstić information content (AvgIpc) is 2.18. The quantitative estimate of drug-likeness (QED) is 0.686. The van der Waals surface area contributed by atoms with E-state index in [1.54, 1.807) is 6.08 Å². The van der Waals surface area contributed by atoms with Gasteiger partial charge in [-0.3, -0.25) is 4.79 Å². The Balaban J connectivity index is 2.38. The van der Waals surface area contributed by atoms with Crippen LogP contribution in [0.25, 0.3) is 0 Å². The van der Waals surface area contributed by atoms with Gasteiger partial charge in [0, 0.05) is 11.6 Å². The van der Waals surface area contributed by atoms with Gasteiger partial charge in [0.25, 0.3) is 0 Å². The number of carbonyl (C=O) groups excluding carboxylic acids is 1. The van der Waals surface area contributed by atoms with Crippen molar-refractivity contribution in [3.05, 3.63) is 24.9 Å². The second-order valence-electron chi connectivity index (χ2n) is 4.18. The third-order valence-corrected chi connectivity index (χ3v) is 2.92. The van der Waals surface area contributed by atoms with E-state index >= 15 is 0 Å². The van der Waals surface area contributed by atoms with Crippen molar-refractivity contribution in [2.75, 3.05) is 0 Å². The molecule has 0 atom stereocenters. The molecule has 0 radical (unpaired) electrons. The molecule has 0 heterocycles. The molecule has 2 heteroatoms. The zero-order valence-corrected chi connectivity index (χ0v) is 8.88. The largest absolute Gasteiger partial charge is 0.326 e. The summed E-state index contributed by atoms with van der Waals surface area (Å²) in [6, 6.07) is 0. The first-order chi connectivity index (χ1) is 6.63. The van der Waals surface area contributed by atoms with Gasteiger partial charge >= 0.3 is 0 Å². The molecule has 0 aromatic carbocycles. The van der Waals surface area contributed by atoms with Crippen LogP contribution in [0.15, 0.2) is 24.9 Å². The smallest absolute Gasteiger partial charge is 0.227 e. The second-order valence-corrected chi connectivity index (χ2v) is 4.18. The minimum atomic E-state index is 0.113. The lowest BCUT2D eigenvalue weighted by molar-refractivity contribution is -0.125. The molecule has 1 N–H and O–H groups in total. The summed E-state index contributed by atoms with van der Waals surface area (Å²) < 4.78 is 0. The summed E-state index contributed by atoms with van der Waals surface area (Å²) in [5.41, 5.74) is 0.605. The number of amides is 1. The number of allylic oxidation sites excluding steroid dienone is 1. The summed E-state index contributed by atoms with van der Waals surface area (Å²) >= 11 is 0. The van der Waals surface area contributed by atoms with E-state index in [0.29, 0.717) is 5.70 Å². The van der Waals surface area contributed by atoms with Crippen LogP contribution < -0.4 is 5.32 Å². The van der Waals surface area contributed by atoms with Crippen molar-refractivity contribution < 1.29 is 4.79 Å². The molecule has 78 valence electrons. The maximum atomic E-state index is 11.7. The van der Waals surface area contributed by atoms with E-state index in [9.17, 15) is 4.79 Å². The fraction of sp³-hybridized carbons (Fsp3) is 0.583. The summed E-state index contributed by atoms with van der Waals surface area (Å²) in [4.78, 5) is 11.7. The molecule has 1 aliphatic carbocycles. The predicted octanol–water partition coefficient (Wildman–Crippen LogP) is 2.63. The van der Waals surface area contributed by atoms with Crippen LogP contribution in [0.4, 0.5) is 0 Å².